The lowest BCUT2D eigenvalue weighted by Crippen LogP contribution is -1.95. The predicted octanol–water partition coefficient (Wildman–Crippen LogP) is 11.7. The molecule has 8 aromatic carbocycles. The summed E-state index contributed by atoms with van der Waals surface area (Å²) in [6, 6.07) is 58.7. The van der Waals surface area contributed by atoms with Gasteiger partial charge in [-0.25, -0.2) is 29.9 Å². The number of rotatable bonds is 2. The minimum absolute atomic E-state index is 0.610. The van der Waals surface area contributed by atoms with Crippen LogP contribution in [-0.4, -0.2) is 29.9 Å². The van der Waals surface area contributed by atoms with Gasteiger partial charge in [-0.3, -0.25) is 0 Å². The molecule has 0 aliphatic heterocycles. The molecule has 0 saturated carbocycles. The van der Waals surface area contributed by atoms with Gasteiger partial charge in [0.1, 0.15) is 0 Å². The van der Waals surface area contributed by atoms with E-state index < -0.39 is 0 Å². The van der Waals surface area contributed by atoms with E-state index in [9.17, 15) is 0 Å². The summed E-state index contributed by atoms with van der Waals surface area (Å²) >= 11 is 0. The van der Waals surface area contributed by atoms with Gasteiger partial charge in [0.05, 0.1) is 0 Å². The smallest absolute Gasteiger partial charge is 0.164 e. The van der Waals surface area contributed by atoms with E-state index in [4.69, 9.17) is 29.9 Å². The van der Waals surface area contributed by atoms with Crippen molar-refractivity contribution in [3.05, 3.63) is 170 Å². The Bertz CT molecular complexity index is 3160. The van der Waals surface area contributed by atoms with Crippen molar-refractivity contribution in [3.8, 4) is 22.8 Å². The van der Waals surface area contributed by atoms with Gasteiger partial charge >= 0.3 is 0 Å². The fourth-order valence-electron chi connectivity index (χ4n) is 7.61. The second-order valence-corrected chi connectivity index (χ2v) is 13.6. The van der Waals surface area contributed by atoms with Crippen LogP contribution in [0.5, 0.6) is 0 Å². The van der Waals surface area contributed by atoms with Crippen LogP contribution < -0.4 is 0 Å². The van der Waals surface area contributed by atoms with Crippen LogP contribution >= 0.6 is 0 Å². The fourth-order valence-corrected chi connectivity index (χ4v) is 7.61. The molecule has 12 bridgehead atoms. The third-order valence-corrected chi connectivity index (χ3v) is 10.3. The van der Waals surface area contributed by atoms with Crippen LogP contribution in [0.15, 0.2) is 170 Å². The Balaban J connectivity index is 1.37. The molecule has 11 aromatic rings. The topological polar surface area (TPSA) is 77.3 Å². The molecule has 0 saturated heterocycles. The van der Waals surface area contributed by atoms with Crippen molar-refractivity contribution in [2.24, 2.45) is 0 Å². The number of hydrogen-bond acceptors (Lipinski definition) is 6. The number of hydrogen-bond donors (Lipinski definition) is 0. The van der Waals surface area contributed by atoms with E-state index in [2.05, 4.69) is 109 Å². The van der Waals surface area contributed by atoms with E-state index in [1.54, 1.807) is 0 Å². The highest BCUT2D eigenvalue weighted by atomic mass is 15.0. The zero-order chi connectivity index (χ0) is 35.6. The molecule has 0 spiro atoms. The lowest BCUT2D eigenvalue weighted by atomic mass is 9.93. The minimum atomic E-state index is 0.610. The van der Waals surface area contributed by atoms with Crippen LogP contribution in [0.2, 0.25) is 0 Å². The summed E-state index contributed by atoms with van der Waals surface area (Å²) in [6.45, 7) is 0. The molecule has 3 aromatic heterocycles. The van der Waals surface area contributed by atoms with E-state index in [0.29, 0.717) is 34.2 Å². The van der Waals surface area contributed by atoms with E-state index in [1.807, 2.05) is 60.7 Å². The summed E-state index contributed by atoms with van der Waals surface area (Å²) in [5.74, 6) is 1.25. The third kappa shape index (κ3) is 5.04. The zero-order valence-corrected chi connectivity index (χ0v) is 28.8. The molecule has 6 nitrogen and oxygen atoms in total. The van der Waals surface area contributed by atoms with Gasteiger partial charge in [0.25, 0.3) is 0 Å². The monoisotopic (exact) mass is 688 g/mol. The molecule has 0 radical (unpaired) electrons. The highest BCUT2D eigenvalue weighted by Crippen LogP contribution is 2.37. The first-order valence-corrected chi connectivity index (χ1v) is 18.0. The Labute approximate surface area is 308 Å². The van der Waals surface area contributed by atoms with Gasteiger partial charge in [-0.2, -0.15) is 0 Å². The average Bonchev–Trinajstić information content (AvgIpc) is 3.26. The molecule has 0 unspecified atom stereocenters. The maximum Gasteiger partial charge on any atom is 0.164 e. The lowest BCUT2D eigenvalue weighted by Gasteiger charge is -2.11. The summed E-state index contributed by atoms with van der Waals surface area (Å²) in [6.07, 6.45) is 0. The van der Waals surface area contributed by atoms with Crippen molar-refractivity contribution in [2.75, 3.05) is 0 Å². The van der Waals surface area contributed by atoms with Crippen molar-refractivity contribution in [3.63, 3.8) is 0 Å². The molecule has 11 rings (SSSR count). The van der Waals surface area contributed by atoms with Crippen LogP contribution in [0.3, 0.4) is 0 Å². The maximum atomic E-state index is 5.15. The highest BCUT2D eigenvalue weighted by Gasteiger charge is 2.13. The fraction of sp³-hybridized carbons (Fsp3) is 0. The predicted molar refractivity (Wildman–Crippen MR) is 222 cm³/mol. The van der Waals surface area contributed by atoms with E-state index >= 15 is 0 Å². The second kappa shape index (κ2) is 12.1. The molecule has 3 heterocycles. The molecule has 0 aliphatic rings. The zero-order valence-electron chi connectivity index (χ0n) is 28.8. The van der Waals surface area contributed by atoms with Gasteiger partial charge in [-0.15, -0.1) is 0 Å². The third-order valence-electron chi connectivity index (χ3n) is 10.3. The number of benzene rings is 8. The van der Waals surface area contributed by atoms with Crippen molar-refractivity contribution in [2.45, 2.75) is 0 Å². The Morgan fingerprint density at radius 2 is 0.574 bits per heavy atom. The SMILES string of the molecule is c1ccc(-c2nc3nc(n2)c2ccc4c5ccccc5c5ccc(cc5c4c2)c2nc(-c4ccccc4)nc(n2)c2cccc(c2)c2cccc3c2)cc1. The average molecular weight is 689 g/mol. The first kappa shape index (κ1) is 30.2. The normalized spacial score (nSPS) is 11.7. The minimum Gasteiger partial charge on any atom is -0.208 e. The summed E-state index contributed by atoms with van der Waals surface area (Å²) in [5.41, 5.74) is 4.30. The maximum absolute atomic E-state index is 5.15. The standard InChI is InChI=1S/C48H28N6/c1-3-11-29(12-4-1)43-49-45-33-17-9-15-31(25-33)32-16-10-18-34(26-32)46-50-44(30-13-5-2-6-14-30)52-48(54-46)36-22-24-40-38-20-8-7-19-37(38)39-23-21-35(47(51-43)53-45)27-41(39)42(40)28-36/h1-28H. The lowest BCUT2D eigenvalue weighted by molar-refractivity contribution is 1.18. The van der Waals surface area contributed by atoms with Gasteiger partial charge in [0.2, 0.25) is 0 Å². The van der Waals surface area contributed by atoms with Crippen LogP contribution in [0.25, 0.3) is 110 Å². The van der Waals surface area contributed by atoms with E-state index in [1.165, 1.54) is 10.8 Å². The van der Waals surface area contributed by atoms with Gasteiger partial charge in [-0.05, 0) is 67.4 Å². The molecule has 0 amide bonds. The summed E-state index contributed by atoms with van der Waals surface area (Å²) in [4.78, 5) is 30.6. The van der Waals surface area contributed by atoms with Crippen LogP contribution in [0.4, 0.5) is 0 Å². The summed E-state index contributed by atoms with van der Waals surface area (Å²) < 4.78 is 0. The Kier molecular flexibility index (Phi) is 6.75. The summed E-state index contributed by atoms with van der Waals surface area (Å²) in [5, 5.41) is 12.5. The molecular formula is C48H28N6. The van der Waals surface area contributed by atoms with Crippen molar-refractivity contribution >= 4 is 87.2 Å². The van der Waals surface area contributed by atoms with E-state index in [-0.39, 0.29) is 0 Å². The highest BCUT2D eigenvalue weighted by molar-refractivity contribution is 6.27. The van der Waals surface area contributed by atoms with Crippen LogP contribution in [0, 0.1) is 0 Å². The second-order valence-electron chi connectivity index (χ2n) is 13.6. The molecule has 0 N–H and O–H groups in total. The van der Waals surface area contributed by atoms with Crippen LogP contribution in [0.1, 0.15) is 0 Å². The van der Waals surface area contributed by atoms with Gasteiger partial charge in [-0.1, -0.05) is 146 Å². The van der Waals surface area contributed by atoms with Gasteiger partial charge in [0, 0.05) is 32.7 Å². The Hall–Kier alpha value is -7.44. The molecule has 0 atom stereocenters. The van der Waals surface area contributed by atoms with E-state index in [0.717, 1.165) is 65.0 Å². The van der Waals surface area contributed by atoms with Gasteiger partial charge < -0.3 is 0 Å². The number of fused-ring (bicyclic) bond motifs is 18. The molecule has 0 aliphatic carbocycles. The first-order valence-electron chi connectivity index (χ1n) is 18.0. The first-order chi connectivity index (χ1) is 26.7. The summed E-state index contributed by atoms with van der Waals surface area (Å²) in [7, 11) is 0. The Morgan fingerprint density at radius 3 is 1.00 bits per heavy atom. The number of aromatic nitrogens is 6. The molecular weight excluding hydrogens is 661 g/mol. The quantitative estimate of drug-likeness (QED) is 0.168. The molecule has 0 fully saturated rings. The van der Waals surface area contributed by atoms with Gasteiger partial charge in [0.15, 0.2) is 34.2 Å². The van der Waals surface area contributed by atoms with Crippen LogP contribution in [-0.2, 0) is 0 Å². The molecule has 6 heteroatoms. The molecule has 54 heavy (non-hydrogen) atoms. The molecule has 250 valence electrons. The van der Waals surface area contributed by atoms with Crippen molar-refractivity contribution in [1.82, 2.24) is 29.9 Å². The van der Waals surface area contributed by atoms with Crippen molar-refractivity contribution < 1.29 is 0 Å². The largest absolute Gasteiger partial charge is 0.208 e. The van der Waals surface area contributed by atoms with Crippen molar-refractivity contribution in [1.29, 1.82) is 0 Å². The Morgan fingerprint density at radius 1 is 0.222 bits per heavy atom. The number of nitrogens with zero attached hydrogens (tertiary/aromatic N) is 6.